The first-order valence-corrected chi connectivity index (χ1v) is 11.9. The number of nitrogens with one attached hydrogen (secondary N) is 2. The number of nitrogens with zero attached hydrogens (tertiary/aromatic N) is 5. The third kappa shape index (κ3) is 3.67. The van der Waals surface area contributed by atoms with Gasteiger partial charge in [0.2, 0.25) is 0 Å². The summed E-state index contributed by atoms with van der Waals surface area (Å²) >= 11 is 1.76. The van der Waals surface area contributed by atoms with Gasteiger partial charge in [-0.3, -0.25) is 10.1 Å². The average molecular weight is 466 g/mol. The molecule has 5 heterocycles. The standard InChI is InChI=1S/C26H23N7S/c1-15-4-7-22(34-15)19-8-9-28-25-23(19)29-26(30-25)24-20-11-17(5-6-21(20)31-32-24)18-10-16(12-27-13-18)14-33(2)3/h4-13H,14H2,1-3H3,(H,31,32)(H,28,29,30). The van der Waals surface area contributed by atoms with Crippen LogP contribution in [0.25, 0.3) is 55.2 Å². The predicted molar refractivity (Wildman–Crippen MR) is 138 cm³/mol. The summed E-state index contributed by atoms with van der Waals surface area (Å²) in [5.41, 5.74) is 7.79. The van der Waals surface area contributed by atoms with E-state index in [1.807, 2.05) is 24.7 Å². The molecule has 0 spiro atoms. The Morgan fingerprint density at radius 2 is 1.91 bits per heavy atom. The van der Waals surface area contributed by atoms with Crippen LogP contribution in [0.1, 0.15) is 10.4 Å². The Labute approximate surface area is 200 Å². The molecule has 6 aromatic rings. The number of aryl methyl sites for hydroxylation is 1. The van der Waals surface area contributed by atoms with Gasteiger partial charge in [-0.2, -0.15) is 5.10 Å². The molecular formula is C26H23N7S. The summed E-state index contributed by atoms with van der Waals surface area (Å²) in [5.74, 6) is 0.700. The quantitative estimate of drug-likeness (QED) is 0.343. The molecule has 8 heteroatoms. The number of hydrogen-bond donors (Lipinski definition) is 2. The Bertz CT molecular complexity index is 1640. The number of thiophene rings is 1. The molecule has 0 aliphatic rings. The molecule has 0 aliphatic carbocycles. The van der Waals surface area contributed by atoms with E-state index in [4.69, 9.17) is 4.98 Å². The van der Waals surface area contributed by atoms with Crippen LogP contribution in [-0.2, 0) is 6.54 Å². The largest absolute Gasteiger partial charge is 0.335 e. The maximum absolute atomic E-state index is 4.79. The van der Waals surface area contributed by atoms with Gasteiger partial charge in [0.05, 0.1) is 11.0 Å². The Morgan fingerprint density at radius 1 is 1.00 bits per heavy atom. The van der Waals surface area contributed by atoms with Gasteiger partial charge in [-0.1, -0.05) is 6.07 Å². The monoisotopic (exact) mass is 465 g/mol. The van der Waals surface area contributed by atoms with Crippen molar-refractivity contribution < 1.29 is 0 Å². The normalized spacial score (nSPS) is 11.8. The van der Waals surface area contributed by atoms with E-state index in [2.05, 4.69) is 87.5 Å². The minimum absolute atomic E-state index is 0.687. The molecule has 34 heavy (non-hydrogen) atoms. The fourth-order valence-electron chi connectivity index (χ4n) is 4.28. The van der Waals surface area contributed by atoms with Crippen molar-refractivity contribution in [3.63, 3.8) is 0 Å². The molecule has 0 amide bonds. The van der Waals surface area contributed by atoms with Crippen LogP contribution in [0.3, 0.4) is 0 Å². The first-order chi connectivity index (χ1) is 16.5. The molecule has 0 saturated heterocycles. The molecule has 0 radical (unpaired) electrons. The van der Waals surface area contributed by atoms with Crippen molar-refractivity contribution >= 4 is 33.4 Å². The van der Waals surface area contributed by atoms with Crippen LogP contribution < -0.4 is 0 Å². The van der Waals surface area contributed by atoms with Crippen molar-refractivity contribution in [2.75, 3.05) is 14.1 Å². The highest BCUT2D eigenvalue weighted by molar-refractivity contribution is 7.15. The second kappa shape index (κ2) is 8.16. The summed E-state index contributed by atoms with van der Waals surface area (Å²) in [6.45, 7) is 2.96. The maximum Gasteiger partial charge on any atom is 0.178 e. The van der Waals surface area contributed by atoms with Crippen molar-refractivity contribution in [2.45, 2.75) is 13.5 Å². The number of aromatic amines is 2. The zero-order valence-corrected chi connectivity index (χ0v) is 19.9. The number of pyridine rings is 2. The molecule has 6 rings (SSSR count). The molecule has 2 N–H and O–H groups in total. The fraction of sp³-hybridized carbons (Fsp3) is 0.154. The molecule has 0 saturated carbocycles. The molecule has 0 fully saturated rings. The first kappa shape index (κ1) is 20.7. The van der Waals surface area contributed by atoms with Crippen LogP contribution in [0.4, 0.5) is 0 Å². The van der Waals surface area contributed by atoms with Gasteiger partial charge in [-0.25, -0.2) is 9.97 Å². The average Bonchev–Trinajstić information content (AvgIpc) is 3.55. The van der Waals surface area contributed by atoms with E-state index in [9.17, 15) is 0 Å². The number of H-pyrrole nitrogens is 2. The molecular weight excluding hydrogens is 442 g/mol. The number of fused-ring (bicyclic) bond motifs is 2. The van der Waals surface area contributed by atoms with E-state index in [1.165, 1.54) is 15.3 Å². The summed E-state index contributed by atoms with van der Waals surface area (Å²) in [5, 5.41) is 8.74. The van der Waals surface area contributed by atoms with E-state index in [0.717, 1.165) is 45.3 Å². The van der Waals surface area contributed by atoms with Crippen molar-refractivity contribution in [2.24, 2.45) is 0 Å². The van der Waals surface area contributed by atoms with Crippen molar-refractivity contribution in [1.82, 2.24) is 35.0 Å². The topological polar surface area (TPSA) is 86.4 Å². The minimum atomic E-state index is 0.687. The van der Waals surface area contributed by atoms with Crippen molar-refractivity contribution in [3.05, 3.63) is 71.5 Å². The Hall–Kier alpha value is -3.88. The van der Waals surface area contributed by atoms with Gasteiger partial charge in [0, 0.05) is 51.4 Å². The summed E-state index contributed by atoms with van der Waals surface area (Å²) in [6, 6.07) is 14.8. The van der Waals surface area contributed by atoms with E-state index >= 15 is 0 Å². The Balaban J connectivity index is 1.45. The molecule has 0 bridgehead atoms. The number of aromatic nitrogens is 6. The lowest BCUT2D eigenvalue weighted by Crippen LogP contribution is -2.10. The van der Waals surface area contributed by atoms with E-state index in [-0.39, 0.29) is 0 Å². The van der Waals surface area contributed by atoms with Crippen LogP contribution in [0.15, 0.2) is 61.1 Å². The molecule has 1 aromatic carbocycles. The van der Waals surface area contributed by atoms with Crippen molar-refractivity contribution in [1.29, 1.82) is 0 Å². The lowest BCUT2D eigenvalue weighted by Gasteiger charge is -2.10. The summed E-state index contributed by atoms with van der Waals surface area (Å²) in [6.07, 6.45) is 5.63. The zero-order chi connectivity index (χ0) is 23.2. The van der Waals surface area contributed by atoms with Gasteiger partial charge in [0.15, 0.2) is 11.5 Å². The first-order valence-electron chi connectivity index (χ1n) is 11.0. The van der Waals surface area contributed by atoms with E-state index in [0.29, 0.717) is 11.5 Å². The van der Waals surface area contributed by atoms with Crippen LogP contribution in [0.2, 0.25) is 0 Å². The Morgan fingerprint density at radius 3 is 2.74 bits per heavy atom. The SMILES string of the molecule is Cc1ccc(-c2ccnc3nc(-c4n[nH]c5ccc(-c6cncc(CN(C)C)c6)cc45)[nH]c23)s1. The van der Waals surface area contributed by atoms with E-state index in [1.54, 1.807) is 11.3 Å². The molecule has 0 unspecified atom stereocenters. The van der Waals surface area contributed by atoms with Gasteiger partial charge < -0.3 is 9.88 Å². The third-order valence-corrected chi connectivity index (χ3v) is 6.85. The number of rotatable bonds is 5. The van der Waals surface area contributed by atoms with Crippen LogP contribution in [-0.4, -0.2) is 49.1 Å². The lowest BCUT2D eigenvalue weighted by molar-refractivity contribution is 0.402. The fourth-order valence-corrected chi connectivity index (χ4v) is 5.18. The molecule has 168 valence electrons. The third-order valence-electron chi connectivity index (χ3n) is 5.81. The molecule has 7 nitrogen and oxygen atoms in total. The smallest absolute Gasteiger partial charge is 0.178 e. The minimum Gasteiger partial charge on any atom is -0.335 e. The van der Waals surface area contributed by atoms with Gasteiger partial charge >= 0.3 is 0 Å². The maximum atomic E-state index is 4.79. The van der Waals surface area contributed by atoms with Crippen LogP contribution in [0, 0.1) is 6.92 Å². The predicted octanol–water partition coefficient (Wildman–Crippen LogP) is 5.66. The zero-order valence-electron chi connectivity index (χ0n) is 19.1. The highest BCUT2D eigenvalue weighted by Crippen LogP contribution is 2.34. The van der Waals surface area contributed by atoms with E-state index < -0.39 is 0 Å². The number of benzene rings is 1. The second-order valence-corrected chi connectivity index (χ2v) is 9.99. The lowest BCUT2D eigenvalue weighted by atomic mass is 10.0. The summed E-state index contributed by atoms with van der Waals surface area (Å²) < 4.78 is 0. The van der Waals surface area contributed by atoms with Gasteiger partial charge in [0.1, 0.15) is 5.69 Å². The van der Waals surface area contributed by atoms with Crippen LogP contribution in [0.5, 0.6) is 0 Å². The number of hydrogen-bond acceptors (Lipinski definition) is 6. The second-order valence-electron chi connectivity index (χ2n) is 8.71. The van der Waals surface area contributed by atoms with Crippen LogP contribution >= 0.6 is 11.3 Å². The molecule has 0 aliphatic heterocycles. The summed E-state index contributed by atoms with van der Waals surface area (Å²) in [4.78, 5) is 21.8. The van der Waals surface area contributed by atoms with Gasteiger partial charge in [-0.15, -0.1) is 11.3 Å². The molecule has 5 aromatic heterocycles. The van der Waals surface area contributed by atoms with Gasteiger partial charge in [0.25, 0.3) is 0 Å². The van der Waals surface area contributed by atoms with Gasteiger partial charge in [-0.05, 0) is 68.5 Å². The highest BCUT2D eigenvalue weighted by atomic mass is 32.1. The molecule has 0 atom stereocenters. The summed E-state index contributed by atoms with van der Waals surface area (Å²) in [7, 11) is 4.12. The Kier molecular flexibility index (Phi) is 4.97. The highest BCUT2D eigenvalue weighted by Gasteiger charge is 2.17. The van der Waals surface area contributed by atoms with Crippen molar-refractivity contribution in [3.8, 4) is 33.1 Å². The number of imidazole rings is 1.